The summed E-state index contributed by atoms with van der Waals surface area (Å²) in [6.07, 6.45) is 10.7. The summed E-state index contributed by atoms with van der Waals surface area (Å²) in [6.45, 7) is 5.90. The van der Waals surface area contributed by atoms with Gasteiger partial charge in [0.15, 0.2) is 5.96 Å². The third-order valence-corrected chi connectivity index (χ3v) is 4.77. The molecule has 1 heterocycles. The second-order valence-corrected chi connectivity index (χ2v) is 6.36. The van der Waals surface area contributed by atoms with Crippen LogP contribution in [0.15, 0.2) is 4.99 Å². The van der Waals surface area contributed by atoms with E-state index in [0.29, 0.717) is 6.04 Å². The first kappa shape index (κ1) is 19.0. The SMILES string of the molecule is CN=C(NCCCN1CCCCC1C)NC1CCCC1.I. The molecule has 1 aliphatic heterocycles. The molecule has 2 aliphatic rings. The molecule has 1 saturated carbocycles. The molecule has 0 aromatic heterocycles. The molecule has 0 aromatic rings. The molecule has 1 unspecified atom stereocenters. The Balaban J connectivity index is 0.00000220. The van der Waals surface area contributed by atoms with Crippen LogP contribution in [0.5, 0.6) is 0 Å². The van der Waals surface area contributed by atoms with Crippen molar-refractivity contribution in [3.8, 4) is 0 Å². The minimum atomic E-state index is 0. The quantitative estimate of drug-likeness (QED) is 0.318. The van der Waals surface area contributed by atoms with E-state index in [2.05, 4.69) is 27.4 Å². The van der Waals surface area contributed by atoms with Crippen LogP contribution in [0.3, 0.4) is 0 Å². The smallest absolute Gasteiger partial charge is 0.191 e. The standard InChI is InChI=1S/C16H32N4.HI/c1-14-8-5-6-12-20(14)13-7-11-18-16(17-2)19-15-9-3-4-10-15;/h14-15H,3-13H2,1-2H3,(H2,17,18,19);1H. The molecule has 0 aromatic carbocycles. The zero-order chi connectivity index (χ0) is 14.2. The predicted octanol–water partition coefficient (Wildman–Crippen LogP) is 2.98. The van der Waals surface area contributed by atoms with Gasteiger partial charge in [-0.25, -0.2) is 0 Å². The first-order chi connectivity index (χ1) is 9.79. The maximum absolute atomic E-state index is 4.33. The summed E-state index contributed by atoms with van der Waals surface area (Å²) in [4.78, 5) is 6.97. The van der Waals surface area contributed by atoms with Crippen molar-refractivity contribution >= 4 is 29.9 Å². The maximum Gasteiger partial charge on any atom is 0.191 e. The monoisotopic (exact) mass is 408 g/mol. The number of aliphatic imine (C=N–C) groups is 1. The van der Waals surface area contributed by atoms with Crippen molar-refractivity contribution < 1.29 is 0 Å². The average Bonchev–Trinajstić information content (AvgIpc) is 2.97. The molecule has 21 heavy (non-hydrogen) atoms. The Morgan fingerprint density at radius 1 is 1.14 bits per heavy atom. The van der Waals surface area contributed by atoms with Crippen LogP contribution in [-0.4, -0.2) is 49.6 Å². The molecule has 1 atom stereocenters. The van der Waals surface area contributed by atoms with Crippen LogP contribution < -0.4 is 10.6 Å². The van der Waals surface area contributed by atoms with Crippen LogP contribution >= 0.6 is 24.0 Å². The van der Waals surface area contributed by atoms with Crippen molar-refractivity contribution in [2.24, 2.45) is 4.99 Å². The summed E-state index contributed by atoms with van der Waals surface area (Å²) in [5.41, 5.74) is 0. The summed E-state index contributed by atoms with van der Waals surface area (Å²) in [6, 6.07) is 1.42. The van der Waals surface area contributed by atoms with Gasteiger partial charge in [-0.3, -0.25) is 4.99 Å². The Labute approximate surface area is 147 Å². The van der Waals surface area contributed by atoms with E-state index in [0.717, 1.165) is 18.5 Å². The van der Waals surface area contributed by atoms with Gasteiger partial charge in [0.05, 0.1) is 0 Å². The van der Waals surface area contributed by atoms with E-state index in [1.807, 2.05) is 7.05 Å². The lowest BCUT2D eigenvalue weighted by molar-refractivity contribution is 0.159. The zero-order valence-corrected chi connectivity index (χ0v) is 16.1. The van der Waals surface area contributed by atoms with E-state index in [1.165, 1.54) is 64.5 Å². The van der Waals surface area contributed by atoms with Gasteiger partial charge in [-0.1, -0.05) is 19.3 Å². The van der Waals surface area contributed by atoms with Crippen molar-refractivity contribution in [3.63, 3.8) is 0 Å². The van der Waals surface area contributed by atoms with E-state index >= 15 is 0 Å². The molecule has 0 radical (unpaired) electrons. The number of nitrogens with zero attached hydrogens (tertiary/aromatic N) is 2. The summed E-state index contributed by atoms with van der Waals surface area (Å²) in [5, 5.41) is 7.00. The van der Waals surface area contributed by atoms with Crippen LogP contribution in [0.1, 0.15) is 58.3 Å². The number of nitrogens with one attached hydrogen (secondary N) is 2. The van der Waals surface area contributed by atoms with Gasteiger partial charge in [0.2, 0.25) is 0 Å². The topological polar surface area (TPSA) is 39.7 Å². The number of hydrogen-bond acceptors (Lipinski definition) is 2. The van der Waals surface area contributed by atoms with E-state index < -0.39 is 0 Å². The Morgan fingerprint density at radius 2 is 1.86 bits per heavy atom. The molecule has 124 valence electrons. The van der Waals surface area contributed by atoms with Gasteiger partial charge in [0, 0.05) is 32.2 Å². The predicted molar refractivity (Wildman–Crippen MR) is 102 cm³/mol. The first-order valence-electron chi connectivity index (χ1n) is 8.51. The number of piperidine rings is 1. The first-order valence-corrected chi connectivity index (χ1v) is 8.51. The molecule has 2 rings (SSSR count). The van der Waals surface area contributed by atoms with Gasteiger partial charge in [-0.2, -0.15) is 0 Å². The van der Waals surface area contributed by atoms with Gasteiger partial charge in [-0.05, 0) is 45.6 Å². The van der Waals surface area contributed by atoms with Crippen molar-refractivity contribution in [3.05, 3.63) is 0 Å². The highest BCUT2D eigenvalue weighted by Crippen LogP contribution is 2.17. The second-order valence-electron chi connectivity index (χ2n) is 6.36. The van der Waals surface area contributed by atoms with Crippen LogP contribution in [0, 0.1) is 0 Å². The highest BCUT2D eigenvalue weighted by atomic mass is 127. The van der Waals surface area contributed by atoms with Crippen LogP contribution in [0.2, 0.25) is 0 Å². The van der Waals surface area contributed by atoms with Crippen molar-refractivity contribution in [2.75, 3.05) is 26.7 Å². The van der Waals surface area contributed by atoms with E-state index in [9.17, 15) is 0 Å². The Bertz CT molecular complexity index is 303. The maximum atomic E-state index is 4.33. The third-order valence-electron chi connectivity index (χ3n) is 4.77. The molecule has 5 heteroatoms. The molecule has 0 amide bonds. The van der Waals surface area contributed by atoms with E-state index in [1.54, 1.807) is 0 Å². The number of rotatable bonds is 5. The molecule has 1 aliphatic carbocycles. The summed E-state index contributed by atoms with van der Waals surface area (Å²) < 4.78 is 0. The van der Waals surface area contributed by atoms with Crippen molar-refractivity contribution in [1.82, 2.24) is 15.5 Å². The van der Waals surface area contributed by atoms with Crippen LogP contribution in [0.4, 0.5) is 0 Å². The van der Waals surface area contributed by atoms with Crippen LogP contribution in [0.25, 0.3) is 0 Å². The molecule has 1 saturated heterocycles. The fourth-order valence-corrected chi connectivity index (χ4v) is 3.44. The Kier molecular flexibility index (Phi) is 9.64. The average molecular weight is 408 g/mol. The molecule has 2 fully saturated rings. The van der Waals surface area contributed by atoms with Gasteiger partial charge in [0.1, 0.15) is 0 Å². The van der Waals surface area contributed by atoms with E-state index in [4.69, 9.17) is 0 Å². The van der Waals surface area contributed by atoms with Crippen LogP contribution in [-0.2, 0) is 0 Å². The third kappa shape index (κ3) is 6.72. The molecule has 4 nitrogen and oxygen atoms in total. The van der Waals surface area contributed by atoms with E-state index in [-0.39, 0.29) is 24.0 Å². The molecule has 2 N–H and O–H groups in total. The van der Waals surface area contributed by atoms with Gasteiger partial charge in [0.25, 0.3) is 0 Å². The Hall–Kier alpha value is -0.0400. The Morgan fingerprint density at radius 3 is 2.52 bits per heavy atom. The fraction of sp³-hybridized carbons (Fsp3) is 0.938. The van der Waals surface area contributed by atoms with Crippen molar-refractivity contribution in [1.29, 1.82) is 0 Å². The number of likely N-dealkylation sites (tertiary alicyclic amines) is 1. The summed E-state index contributed by atoms with van der Waals surface area (Å²) in [5.74, 6) is 0.989. The second kappa shape index (κ2) is 10.6. The van der Waals surface area contributed by atoms with Gasteiger partial charge < -0.3 is 15.5 Å². The highest BCUT2D eigenvalue weighted by Gasteiger charge is 2.18. The van der Waals surface area contributed by atoms with Gasteiger partial charge in [-0.15, -0.1) is 24.0 Å². The van der Waals surface area contributed by atoms with Gasteiger partial charge >= 0.3 is 0 Å². The number of guanidine groups is 1. The minimum Gasteiger partial charge on any atom is -0.356 e. The zero-order valence-electron chi connectivity index (χ0n) is 13.7. The molecule has 0 spiro atoms. The summed E-state index contributed by atoms with van der Waals surface area (Å²) >= 11 is 0. The molecular formula is C16H33IN4. The number of hydrogen-bond donors (Lipinski definition) is 2. The largest absolute Gasteiger partial charge is 0.356 e. The van der Waals surface area contributed by atoms with Crippen molar-refractivity contribution in [2.45, 2.75) is 70.4 Å². The lowest BCUT2D eigenvalue weighted by atomic mass is 10.0. The number of halogens is 1. The lowest BCUT2D eigenvalue weighted by Crippen LogP contribution is -2.44. The fourth-order valence-electron chi connectivity index (χ4n) is 3.44. The summed E-state index contributed by atoms with van der Waals surface area (Å²) in [7, 11) is 1.87. The normalized spacial score (nSPS) is 24.7. The minimum absolute atomic E-state index is 0. The molecule has 0 bridgehead atoms. The molecular weight excluding hydrogens is 375 g/mol. The lowest BCUT2D eigenvalue weighted by Gasteiger charge is -2.33. The highest BCUT2D eigenvalue weighted by molar-refractivity contribution is 14.0.